The van der Waals surface area contributed by atoms with Gasteiger partial charge in [0.15, 0.2) is 0 Å². The van der Waals surface area contributed by atoms with E-state index in [0.717, 1.165) is 0 Å². The van der Waals surface area contributed by atoms with Crippen LogP contribution < -0.4 is 0 Å². The third-order valence-corrected chi connectivity index (χ3v) is 4.31. The topological polar surface area (TPSA) is 0 Å². The molecule has 0 amide bonds. The zero-order chi connectivity index (χ0) is 8.91. The Balaban J connectivity index is 4.22. The lowest BCUT2D eigenvalue weighted by Crippen LogP contribution is -2.23. The summed E-state index contributed by atoms with van der Waals surface area (Å²) in [5.41, 5.74) is 0. The van der Waals surface area contributed by atoms with E-state index in [2.05, 4.69) is 39.6 Å². The minimum Gasteiger partial charge on any atom is -0.0894 e. The second-order valence-corrected chi connectivity index (χ2v) is 9.28. The van der Waals surface area contributed by atoms with Crippen LogP contribution in [-0.4, -0.2) is 8.07 Å². The molecule has 0 bridgehead atoms. The molecule has 0 aromatic rings. The van der Waals surface area contributed by atoms with E-state index in [1.54, 1.807) is 5.20 Å². The summed E-state index contributed by atoms with van der Waals surface area (Å²) in [6, 6.07) is 0. The summed E-state index contributed by atoms with van der Waals surface area (Å²) in [5.74, 6) is 0. The van der Waals surface area contributed by atoms with Crippen LogP contribution in [0.3, 0.4) is 0 Å². The van der Waals surface area contributed by atoms with Crippen LogP contribution in [0.4, 0.5) is 0 Å². The summed E-state index contributed by atoms with van der Waals surface area (Å²) >= 11 is 0. The molecular formula is C10H22Si. The fraction of sp³-hybridized carbons (Fsp3) is 0.800. The second-order valence-electron chi connectivity index (χ2n) is 4.14. The minimum absolute atomic E-state index is 0.967. The van der Waals surface area contributed by atoms with Crippen molar-refractivity contribution in [1.29, 1.82) is 0 Å². The van der Waals surface area contributed by atoms with Crippen molar-refractivity contribution in [3.63, 3.8) is 0 Å². The molecule has 0 aliphatic carbocycles. The van der Waals surface area contributed by atoms with E-state index in [1.807, 2.05) is 0 Å². The maximum absolute atomic E-state index is 2.44. The first-order valence-corrected chi connectivity index (χ1v) is 8.21. The van der Waals surface area contributed by atoms with Gasteiger partial charge in [-0.05, 0) is 12.8 Å². The fourth-order valence-corrected chi connectivity index (χ4v) is 3.12. The highest BCUT2D eigenvalue weighted by Crippen LogP contribution is 2.19. The number of hydrogen-bond acceptors (Lipinski definition) is 0. The molecule has 0 atom stereocenters. The summed E-state index contributed by atoms with van der Waals surface area (Å²) in [6.07, 6.45) is 6.27. The highest BCUT2D eigenvalue weighted by atomic mass is 28.3. The fourth-order valence-electron chi connectivity index (χ4n) is 1.30. The largest absolute Gasteiger partial charge is 0.0894 e. The normalized spacial score (nSPS) is 13.7. The molecule has 0 aliphatic heterocycles. The van der Waals surface area contributed by atoms with Crippen molar-refractivity contribution in [2.24, 2.45) is 0 Å². The van der Waals surface area contributed by atoms with E-state index in [9.17, 15) is 0 Å². The van der Waals surface area contributed by atoms with Crippen LogP contribution in [-0.2, 0) is 0 Å². The quantitative estimate of drug-likeness (QED) is 0.559. The summed E-state index contributed by atoms with van der Waals surface area (Å²) in [7, 11) is -0.967. The predicted octanol–water partition coefficient (Wildman–Crippen LogP) is 4.00. The van der Waals surface area contributed by atoms with Crippen LogP contribution in [0.5, 0.6) is 0 Å². The van der Waals surface area contributed by atoms with Crippen molar-refractivity contribution in [2.45, 2.75) is 52.8 Å². The van der Waals surface area contributed by atoms with Gasteiger partial charge in [0, 0.05) is 0 Å². The third kappa shape index (κ3) is 4.41. The van der Waals surface area contributed by atoms with Crippen LogP contribution >= 0.6 is 0 Å². The van der Waals surface area contributed by atoms with Crippen LogP contribution in [0.1, 0.15) is 33.1 Å². The summed E-state index contributed by atoms with van der Waals surface area (Å²) in [5, 5.41) is 1.75. The van der Waals surface area contributed by atoms with Crippen LogP contribution in [0.25, 0.3) is 0 Å². The van der Waals surface area contributed by atoms with E-state index in [4.69, 9.17) is 0 Å². The lowest BCUT2D eigenvalue weighted by atomic mass is 10.3. The van der Waals surface area contributed by atoms with E-state index in [1.165, 1.54) is 19.3 Å². The number of hydrogen-bond donors (Lipinski definition) is 0. The molecule has 0 aliphatic rings. The second kappa shape index (κ2) is 4.76. The van der Waals surface area contributed by atoms with Crippen LogP contribution in [0, 0.1) is 0 Å². The molecule has 0 spiro atoms. The summed E-state index contributed by atoms with van der Waals surface area (Å²) < 4.78 is 0. The van der Waals surface area contributed by atoms with Crippen molar-refractivity contribution in [3.8, 4) is 0 Å². The molecule has 66 valence electrons. The zero-order valence-electron chi connectivity index (χ0n) is 8.70. The SMILES string of the molecule is CC/C=C(/CCC)[Si](C)(C)C. The van der Waals surface area contributed by atoms with Gasteiger partial charge in [0.1, 0.15) is 0 Å². The Morgan fingerprint density at radius 1 is 1.18 bits per heavy atom. The monoisotopic (exact) mass is 170 g/mol. The smallest absolute Gasteiger partial charge is 0.0720 e. The highest BCUT2D eigenvalue weighted by molar-refractivity contribution is 6.83. The Hall–Kier alpha value is -0.0431. The third-order valence-electron chi connectivity index (χ3n) is 1.93. The summed E-state index contributed by atoms with van der Waals surface area (Å²) in [4.78, 5) is 0. The van der Waals surface area contributed by atoms with Crippen molar-refractivity contribution >= 4 is 8.07 Å². The first-order chi connectivity index (χ1) is 5.02. The van der Waals surface area contributed by atoms with Crippen LogP contribution in [0.2, 0.25) is 19.6 Å². The molecule has 0 aromatic heterocycles. The lowest BCUT2D eigenvalue weighted by molar-refractivity contribution is 0.927. The maximum atomic E-state index is 2.44. The molecule has 1 heteroatoms. The molecule has 0 heterocycles. The molecule has 0 unspecified atom stereocenters. The Morgan fingerprint density at radius 3 is 2.00 bits per heavy atom. The van der Waals surface area contributed by atoms with E-state index in [0.29, 0.717) is 0 Å². The molecule has 0 nitrogen and oxygen atoms in total. The lowest BCUT2D eigenvalue weighted by Gasteiger charge is -2.20. The van der Waals surface area contributed by atoms with Gasteiger partial charge >= 0.3 is 0 Å². The molecule has 0 rings (SSSR count). The molecule has 0 saturated carbocycles. The van der Waals surface area contributed by atoms with Gasteiger partial charge < -0.3 is 0 Å². The molecule has 0 aromatic carbocycles. The standard InChI is InChI=1S/C10H22Si/c1-6-8-10(9-7-2)11(3,4)5/h8H,6-7,9H2,1-5H3/b10-8-. The predicted molar refractivity (Wildman–Crippen MR) is 56.6 cm³/mol. The van der Waals surface area contributed by atoms with Gasteiger partial charge in [0.25, 0.3) is 0 Å². The van der Waals surface area contributed by atoms with E-state index < -0.39 is 8.07 Å². The molecular weight excluding hydrogens is 148 g/mol. The first-order valence-electron chi connectivity index (χ1n) is 4.71. The molecule has 0 radical (unpaired) electrons. The van der Waals surface area contributed by atoms with Gasteiger partial charge in [0.05, 0.1) is 8.07 Å². The van der Waals surface area contributed by atoms with Gasteiger partial charge in [0.2, 0.25) is 0 Å². The van der Waals surface area contributed by atoms with Crippen molar-refractivity contribution in [2.75, 3.05) is 0 Å². The Bertz CT molecular complexity index is 128. The molecule has 11 heavy (non-hydrogen) atoms. The maximum Gasteiger partial charge on any atom is 0.0720 e. The van der Waals surface area contributed by atoms with Gasteiger partial charge in [-0.25, -0.2) is 0 Å². The zero-order valence-corrected chi connectivity index (χ0v) is 9.70. The van der Waals surface area contributed by atoms with E-state index in [-0.39, 0.29) is 0 Å². The Morgan fingerprint density at radius 2 is 1.73 bits per heavy atom. The van der Waals surface area contributed by atoms with Crippen molar-refractivity contribution in [1.82, 2.24) is 0 Å². The molecule has 0 fully saturated rings. The Kier molecular flexibility index (Phi) is 4.74. The summed E-state index contributed by atoms with van der Waals surface area (Å²) in [6.45, 7) is 11.8. The van der Waals surface area contributed by atoms with Gasteiger partial charge in [-0.15, -0.1) is 0 Å². The number of allylic oxidation sites excluding steroid dienone is 2. The average molecular weight is 170 g/mol. The van der Waals surface area contributed by atoms with Crippen molar-refractivity contribution in [3.05, 3.63) is 11.3 Å². The average Bonchev–Trinajstić information content (AvgIpc) is 1.85. The van der Waals surface area contributed by atoms with Crippen LogP contribution in [0.15, 0.2) is 11.3 Å². The van der Waals surface area contributed by atoms with Gasteiger partial charge in [-0.3, -0.25) is 0 Å². The highest BCUT2D eigenvalue weighted by Gasteiger charge is 2.17. The van der Waals surface area contributed by atoms with E-state index >= 15 is 0 Å². The minimum atomic E-state index is -0.967. The molecule has 0 saturated heterocycles. The number of rotatable bonds is 4. The van der Waals surface area contributed by atoms with Gasteiger partial charge in [-0.1, -0.05) is 51.2 Å². The van der Waals surface area contributed by atoms with Gasteiger partial charge in [-0.2, -0.15) is 0 Å². The first kappa shape index (κ1) is 11.0. The molecule has 0 N–H and O–H groups in total. The Labute approximate surface area is 72.7 Å². The van der Waals surface area contributed by atoms with Crippen molar-refractivity contribution < 1.29 is 0 Å².